The van der Waals surface area contributed by atoms with Crippen molar-refractivity contribution < 1.29 is 22.6 Å². The van der Waals surface area contributed by atoms with Gasteiger partial charge in [-0.1, -0.05) is 13.8 Å². The van der Waals surface area contributed by atoms with E-state index in [1.807, 2.05) is 6.92 Å². The molecule has 0 aromatic rings. The van der Waals surface area contributed by atoms with Crippen LogP contribution in [-0.2, 0) is 9.47 Å². The molecule has 0 amide bonds. The molecule has 2 N–H and O–H groups in total. The third-order valence-corrected chi connectivity index (χ3v) is 4.13. The molecular formula is C18H36F3IN4O2. The molecule has 1 fully saturated rings. The number of nitrogens with one attached hydrogen (secondary N) is 2. The third-order valence-electron chi connectivity index (χ3n) is 4.13. The molecule has 1 heterocycles. The first-order valence-electron chi connectivity index (χ1n) is 9.80. The van der Waals surface area contributed by atoms with Crippen molar-refractivity contribution in [3.63, 3.8) is 0 Å². The summed E-state index contributed by atoms with van der Waals surface area (Å²) in [5.41, 5.74) is 0. The van der Waals surface area contributed by atoms with Crippen LogP contribution in [0.3, 0.4) is 0 Å². The van der Waals surface area contributed by atoms with Crippen molar-refractivity contribution >= 4 is 29.9 Å². The Morgan fingerprint density at radius 2 is 1.89 bits per heavy atom. The van der Waals surface area contributed by atoms with Gasteiger partial charge in [0.25, 0.3) is 0 Å². The van der Waals surface area contributed by atoms with Gasteiger partial charge in [0.1, 0.15) is 6.61 Å². The number of rotatable bonds is 11. The van der Waals surface area contributed by atoms with Crippen LogP contribution in [0.25, 0.3) is 0 Å². The molecular weight excluding hydrogens is 488 g/mol. The minimum atomic E-state index is -4.27. The van der Waals surface area contributed by atoms with Crippen LogP contribution in [0.2, 0.25) is 0 Å². The topological polar surface area (TPSA) is 58.1 Å². The summed E-state index contributed by atoms with van der Waals surface area (Å²) < 4.78 is 46.2. The number of guanidine groups is 1. The number of hydrogen-bond donors (Lipinski definition) is 2. The molecule has 0 saturated carbocycles. The van der Waals surface area contributed by atoms with Crippen molar-refractivity contribution in [3.8, 4) is 0 Å². The molecule has 0 radical (unpaired) electrons. The first-order chi connectivity index (χ1) is 12.8. The number of nitrogens with zero attached hydrogens (tertiary/aromatic N) is 2. The molecule has 0 spiro atoms. The minimum absolute atomic E-state index is 0. The van der Waals surface area contributed by atoms with Gasteiger partial charge in [-0.3, -0.25) is 9.89 Å². The molecule has 168 valence electrons. The Balaban J connectivity index is 0.00000729. The second-order valence-electron chi connectivity index (χ2n) is 7.10. The van der Waals surface area contributed by atoms with Crippen LogP contribution in [-0.4, -0.2) is 82.2 Å². The van der Waals surface area contributed by atoms with E-state index >= 15 is 0 Å². The van der Waals surface area contributed by atoms with Crippen molar-refractivity contribution in [3.05, 3.63) is 0 Å². The molecule has 6 nitrogen and oxygen atoms in total. The average Bonchev–Trinajstić information content (AvgIpc) is 2.60. The lowest BCUT2D eigenvalue weighted by molar-refractivity contribution is -0.173. The minimum Gasteiger partial charge on any atom is -0.379 e. The fourth-order valence-corrected chi connectivity index (χ4v) is 2.93. The Labute approximate surface area is 184 Å². The molecule has 28 heavy (non-hydrogen) atoms. The van der Waals surface area contributed by atoms with Crippen molar-refractivity contribution in [1.29, 1.82) is 0 Å². The molecule has 1 unspecified atom stereocenters. The van der Waals surface area contributed by atoms with Crippen LogP contribution in [0.15, 0.2) is 4.99 Å². The van der Waals surface area contributed by atoms with Crippen molar-refractivity contribution in [2.45, 2.75) is 45.8 Å². The number of hydrogen-bond acceptors (Lipinski definition) is 4. The van der Waals surface area contributed by atoms with Crippen molar-refractivity contribution in [2.24, 2.45) is 10.9 Å². The van der Waals surface area contributed by atoms with E-state index in [0.29, 0.717) is 37.4 Å². The Kier molecular flexibility index (Phi) is 15.3. The highest BCUT2D eigenvalue weighted by Crippen LogP contribution is 2.15. The molecule has 1 aliphatic heterocycles. The number of morpholine rings is 1. The molecule has 10 heteroatoms. The predicted octanol–water partition coefficient (Wildman–Crippen LogP) is 2.88. The van der Waals surface area contributed by atoms with Gasteiger partial charge in [-0.05, 0) is 25.7 Å². The zero-order valence-corrected chi connectivity index (χ0v) is 19.5. The smallest absolute Gasteiger partial charge is 0.379 e. The standard InChI is InChI=1S/C18H35F3N4O2.HI/c1-4-22-17(23-6-5-9-27-14-18(19,20)21)24-13-16(12-15(2)3)25-7-10-26-11-8-25;/h15-16H,4-14H2,1-3H3,(H2,22,23,24);1H. The van der Waals surface area contributed by atoms with E-state index in [4.69, 9.17) is 9.73 Å². The maximum absolute atomic E-state index is 12.0. The van der Waals surface area contributed by atoms with Crippen LogP contribution in [0.1, 0.15) is 33.6 Å². The van der Waals surface area contributed by atoms with E-state index in [1.54, 1.807) is 0 Å². The number of aliphatic imine (C=N–C) groups is 1. The summed E-state index contributed by atoms with van der Waals surface area (Å²) in [7, 11) is 0. The molecule has 1 rings (SSSR count). The monoisotopic (exact) mass is 524 g/mol. The molecule has 0 aromatic heterocycles. The first kappa shape index (κ1) is 27.7. The van der Waals surface area contributed by atoms with Gasteiger partial charge in [0.2, 0.25) is 0 Å². The SMILES string of the molecule is CCNC(=NCC(CC(C)C)N1CCOCC1)NCCCOCC(F)(F)F.I. The molecule has 1 aliphatic rings. The van der Waals surface area contributed by atoms with E-state index < -0.39 is 12.8 Å². The Hall–Kier alpha value is -0.330. The van der Waals surface area contributed by atoms with Crippen LogP contribution in [0.4, 0.5) is 13.2 Å². The zero-order valence-electron chi connectivity index (χ0n) is 17.2. The highest BCUT2D eigenvalue weighted by atomic mass is 127. The lowest BCUT2D eigenvalue weighted by atomic mass is 10.0. The summed E-state index contributed by atoms with van der Waals surface area (Å²) in [6, 6.07) is 0.361. The van der Waals surface area contributed by atoms with Crippen molar-refractivity contribution in [2.75, 3.05) is 59.2 Å². The quantitative estimate of drug-likeness (QED) is 0.189. The van der Waals surface area contributed by atoms with Gasteiger partial charge in [-0.2, -0.15) is 13.2 Å². The second kappa shape index (κ2) is 15.5. The van der Waals surface area contributed by atoms with Gasteiger partial charge in [0, 0.05) is 38.8 Å². The van der Waals surface area contributed by atoms with E-state index in [9.17, 15) is 13.2 Å². The average molecular weight is 524 g/mol. The van der Waals surface area contributed by atoms with E-state index in [1.165, 1.54) is 0 Å². The number of alkyl halides is 3. The third kappa shape index (κ3) is 13.8. The first-order valence-corrected chi connectivity index (χ1v) is 9.80. The number of ether oxygens (including phenoxy) is 2. The Bertz CT molecular complexity index is 420. The molecule has 1 saturated heterocycles. The highest BCUT2D eigenvalue weighted by molar-refractivity contribution is 14.0. The maximum Gasteiger partial charge on any atom is 0.411 e. The molecule has 1 atom stereocenters. The van der Waals surface area contributed by atoms with Gasteiger partial charge < -0.3 is 20.1 Å². The van der Waals surface area contributed by atoms with Gasteiger partial charge in [-0.25, -0.2) is 0 Å². The normalized spacial score (nSPS) is 17.3. The Morgan fingerprint density at radius 1 is 1.21 bits per heavy atom. The lowest BCUT2D eigenvalue weighted by Gasteiger charge is -2.34. The zero-order chi connectivity index (χ0) is 20.1. The summed E-state index contributed by atoms with van der Waals surface area (Å²) >= 11 is 0. The van der Waals surface area contributed by atoms with Crippen LogP contribution in [0.5, 0.6) is 0 Å². The van der Waals surface area contributed by atoms with E-state index in [-0.39, 0.29) is 30.6 Å². The highest BCUT2D eigenvalue weighted by Gasteiger charge is 2.27. The summed E-state index contributed by atoms with van der Waals surface area (Å²) in [6.07, 6.45) is -2.72. The van der Waals surface area contributed by atoms with Gasteiger partial charge >= 0.3 is 6.18 Å². The summed E-state index contributed by atoms with van der Waals surface area (Å²) in [4.78, 5) is 7.12. The second-order valence-corrected chi connectivity index (χ2v) is 7.10. The molecule has 0 bridgehead atoms. The fourth-order valence-electron chi connectivity index (χ4n) is 2.93. The van der Waals surface area contributed by atoms with Crippen LogP contribution >= 0.6 is 24.0 Å². The summed E-state index contributed by atoms with van der Waals surface area (Å²) in [5.74, 6) is 1.27. The molecule has 0 aliphatic carbocycles. The summed E-state index contributed by atoms with van der Waals surface area (Å²) in [5, 5.41) is 6.35. The fraction of sp³-hybridized carbons (Fsp3) is 0.944. The van der Waals surface area contributed by atoms with E-state index in [2.05, 4.69) is 34.1 Å². The number of halogens is 4. The van der Waals surface area contributed by atoms with Crippen LogP contribution < -0.4 is 10.6 Å². The van der Waals surface area contributed by atoms with Gasteiger partial charge in [0.15, 0.2) is 5.96 Å². The largest absolute Gasteiger partial charge is 0.411 e. The van der Waals surface area contributed by atoms with Gasteiger partial charge in [-0.15, -0.1) is 24.0 Å². The summed E-state index contributed by atoms with van der Waals surface area (Å²) in [6.45, 7) is 10.6. The van der Waals surface area contributed by atoms with Crippen molar-refractivity contribution in [1.82, 2.24) is 15.5 Å². The molecule has 0 aromatic carbocycles. The van der Waals surface area contributed by atoms with Crippen LogP contribution in [0, 0.1) is 5.92 Å². The predicted molar refractivity (Wildman–Crippen MR) is 117 cm³/mol. The Morgan fingerprint density at radius 3 is 2.46 bits per heavy atom. The lowest BCUT2D eigenvalue weighted by Crippen LogP contribution is -2.46. The maximum atomic E-state index is 12.0. The van der Waals surface area contributed by atoms with Gasteiger partial charge in [0.05, 0.1) is 19.8 Å². The van der Waals surface area contributed by atoms with E-state index in [0.717, 1.165) is 39.3 Å².